The molecule has 1 saturated carbocycles. The highest BCUT2D eigenvalue weighted by Crippen LogP contribution is 2.35. The van der Waals surface area contributed by atoms with Crippen molar-refractivity contribution in [1.82, 2.24) is 9.78 Å². The van der Waals surface area contributed by atoms with E-state index in [-0.39, 0.29) is 5.54 Å². The molecule has 0 saturated heterocycles. The van der Waals surface area contributed by atoms with Gasteiger partial charge in [-0.1, -0.05) is 31.4 Å². The molecule has 0 amide bonds. The van der Waals surface area contributed by atoms with Crippen molar-refractivity contribution in [1.29, 1.82) is 0 Å². The summed E-state index contributed by atoms with van der Waals surface area (Å²) < 4.78 is 1.88. The van der Waals surface area contributed by atoms with Gasteiger partial charge in [0.25, 0.3) is 0 Å². The predicted molar refractivity (Wildman–Crippen MR) is 72.5 cm³/mol. The molecule has 2 aromatic rings. The highest BCUT2D eigenvalue weighted by atomic mass is 15.3. The largest absolute Gasteiger partial charge is 0.321 e. The van der Waals surface area contributed by atoms with E-state index in [1.165, 1.54) is 24.8 Å². The van der Waals surface area contributed by atoms with Crippen molar-refractivity contribution in [2.45, 2.75) is 37.6 Å². The summed E-state index contributed by atoms with van der Waals surface area (Å²) in [5.74, 6) is 0. The van der Waals surface area contributed by atoms with E-state index in [0.29, 0.717) is 0 Å². The number of hydrogen-bond acceptors (Lipinski definition) is 2. The zero-order valence-electron chi connectivity index (χ0n) is 10.5. The predicted octanol–water partition coefficient (Wildman–Crippen LogP) is 2.99. The topological polar surface area (TPSA) is 43.8 Å². The molecule has 3 heteroatoms. The molecule has 1 aromatic carbocycles. The minimum Gasteiger partial charge on any atom is -0.321 e. The lowest BCUT2D eigenvalue weighted by molar-refractivity contribution is 0.302. The summed E-state index contributed by atoms with van der Waals surface area (Å²) in [6.45, 7) is 0. The lowest BCUT2D eigenvalue weighted by Crippen LogP contribution is -2.38. The van der Waals surface area contributed by atoms with Crippen molar-refractivity contribution >= 4 is 0 Å². The summed E-state index contributed by atoms with van der Waals surface area (Å²) in [6.07, 6.45) is 9.74. The van der Waals surface area contributed by atoms with Crippen LogP contribution in [0.2, 0.25) is 0 Å². The first-order valence-corrected chi connectivity index (χ1v) is 6.67. The number of nitrogens with two attached hydrogens (primary N) is 1. The van der Waals surface area contributed by atoms with E-state index in [9.17, 15) is 0 Å². The van der Waals surface area contributed by atoms with E-state index < -0.39 is 0 Å². The highest BCUT2D eigenvalue weighted by Gasteiger charge is 2.29. The Morgan fingerprint density at radius 2 is 1.94 bits per heavy atom. The van der Waals surface area contributed by atoms with Gasteiger partial charge >= 0.3 is 0 Å². The fourth-order valence-electron chi connectivity index (χ4n) is 2.85. The smallest absolute Gasteiger partial charge is 0.0648 e. The van der Waals surface area contributed by atoms with Crippen LogP contribution in [0.25, 0.3) is 5.69 Å². The molecule has 1 aliphatic carbocycles. The van der Waals surface area contributed by atoms with Gasteiger partial charge in [0, 0.05) is 17.9 Å². The summed E-state index contributed by atoms with van der Waals surface area (Å²) >= 11 is 0. The number of benzene rings is 1. The Hall–Kier alpha value is -1.61. The van der Waals surface area contributed by atoms with Gasteiger partial charge in [-0.3, -0.25) is 0 Å². The minimum absolute atomic E-state index is 0.137. The van der Waals surface area contributed by atoms with Crippen LogP contribution in [0.5, 0.6) is 0 Å². The molecule has 0 unspecified atom stereocenters. The molecule has 0 radical (unpaired) electrons. The molecular formula is C15H19N3. The first-order chi connectivity index (χ1) is 8.78. The van der Waals surface area contributed by atoms with Crippen LogP contribution in [0.1, 0.15) is 37.7 Å². The molecule has 18 heavy (non-hydrogen) atoms. The summed E-state index contributed by atoms with van der Waals surface area (Å²) in [6, 6.07) is 10.4. The second kappa shape index (κ2) is 4.58. The number of hydrogen-bond donors (Lipinski definition) is 1. The maximum absolute atomic E-state index is 6.57. The molecule has 0 atom stereocenters. The highest BCUT2D eigenvalue weighted by molar-refractivity contribution is 5.38. The third-order valence-corrected chi connectivity index (χ3v) is 3.94. The van der Waals surface area contributed by atoms with Gasteiger partial charge in [0.15, 0.2) is 0 Å². The van der Waals surface area contributed by atoms with Crippen LogP contribution in [0.15, 0.2) is 42.7 Å². The van der Waals surface area contributed by atoms with Crippen LogP contribution in [-0.4, -0.2) is 9.78 Å². The normalized spacial score (nSPS) is 18.7. The van der Waals surface area contributed by atoms with E-state index in [1.54, 1.807) is 6.20 Å². The van der Waals surface area contributed by atoms with Crippen molar-refractivity contribution in [3.8, 4) is 5.69 Å². The Morgan fingerprint density at radius 3 is 2.67 bits per heavy atom. The van der Waals surface area contributed by atoms with Crippen molar-refractivity contribution in [2.24, 2.45) is 5.73 Å². The first kappa shape index (κ1) is 11.5. The molecular weight excluding hydrogens is 222 g/mol. The van der Waals surface area contributed by atoms with Gasteiger partial charge in [0.2, 0.25) is 0 Å². The fraction of sp³-hybridized carbons (Fsp3) is 0.400. The molecule has 3 nitrogen and oxygen atoms in total. The van der Waals surface area contributed by atoms with E-state index in [0.717, 1.165) is 18.5 Å². The van der Waals surface area contributed by atoms with E-state index in [1.807, 2.05) is 16.9 Å². The molecule has 1 aliphatic rings. The first-order valence-electron chi connectivity index (χ1n) is 6.67. The fourth-order valence-corrected chi connectivity index (χ4v) is 2.85. The van der Waals surface area contributed by atoms with Crippen LogP contribution < -0.4 is 5.73 Å². The zero-order chi connectivity index (χ0) is 12.4. The lowest BCUT2D eigenvalue weighted by Gasteiger charge is -2.34. The van der Waals surface area contributed by atoms with Gasteiger partial charge in [-0.25, -0.2) is 4.68 Å². The second-order valence-corrected chi connectivity index (χ2v) is 5.22. The van der Waals surface area contributed by atoms with Gasteiger partial charge in [-0.15, -0.1) is 0 Å². The van der Waals surface area contributed by atoms with Crippen molar-refractivity contribution in [2.75, 3.05) is 0 Å². The van der Waals surface area contributed by atoms with Crippen LogP contribution >= 0.6 is 0 Å². The maximum atomic E-state index is 6.57. The van der Waals surface area contributed by atoms with Gasteiger partial charge in [-0.2, -0.15) is 5.10 Å². The van der Waals surface area contributed by atoms with Crippen LogP contribution in [-0.2, 0) is 5.54 Å². The minimum atomic E-state index is -0.137. The Labute approximate surface area is 108 Å². The van der Waals surface area contributed by atoms with Gasteiger partial charge in [-0.05, 0) is 36.6 Å². The molecule has 0 aliphatic heterocycles. The third kappa shape index (κ3) is 2.06. The summed E-state index contributed by atoms with van der Waals surface area (Å²) in [5.41, 5.74) is 8.77. The molecule has 0 spiro atoms. The molecule has 3 rings (SSSR count). The SMILES string of the molecule is NC1(c2cccc(-n3cccn3)c2)CCCCC1. The quantitative estimate of drug-likeness (QED) is 0.878. The molecule has 1 aromatic heterocycles. The van der Waals surface area contributed by atoms with Gasteiger partial charge in [0.1, 0.15) is 0 Å². The zero-order valence-corrected chi connectivity index (χ0v) is 10.5. The van der Waals surface area contributed by atoms with Crippen molar-refractivity contribution in [3.05, 3.63) is 48.3 Å². The Morgan fingerprint density at radius 1 is 1.11 bits per heavy atom. The van der Waals surface area contributed by atoms with Crippen molar-refractivity contribution in [3.63, 3.8) is 0 Å². The van der Waals surface area contributed by atoms with Gasteiger partial charge in [0.05, 0.1) is 5.69 Å². The van der Waals surface area contributed by atoms with Crippen LogP contribution in [0.4, 0.5) is 0 Å². The number of nitrogens with zero attached hydrogens (tertiary/aromatic N) is 2. The lowest BCUT2D eigenvalue weighted by atomic mass is 9.77. The Kier molecular flexibility index (Phi) is 2.92. The standard InChI is InChI=1S/C15H19N3/c16-15(8-2-1-3-9-15)13-6-4-7-14(12-13)18-11-5-10-17-18/h4-7,10-12H,1-3,8-9,16H2. The average molecular weight is 241 g/mol. The molecule has 2 N–H and O–H groups in total. The van der Waals surface area contributed by atoms with Crippen molar-refractivity contribution < 1.29 is 0 Å². The summed E-state index contributed by atoms with van der Waals surface area (Å²) in [4.78, 5) is 0. The van der Waals surface area contributed by atoms with E-state index in [4.69, 9.17) is 5.73 Å². The molecule has 1 fully saturated rings. The third-order valence-electron chi connectivity index (χ3n) is 3.94. The van der Waals surface area contributed by atoms with E-state index in [2.05, 4.69) is 29.4 Å². The number of rotatable bonds is 2. The van der Waals surface area contributed by atoms with E-state index >= 15 is 0 Å². The average Bonchev–Trinajstić information content (AvgIpc) is 2.94. The Balaban J connectivity index is 1.95. The van der Waals surface area contributed by atoms with Gasteiger partial charge < -0.3 is 5.73 Å². The summed E-state index contributed by atoms with van der Waals surface area (Å²) in [5, 5.41) is 4.27. The Bertz CT molecular complexity index is 510. The second-order valence-electron chi connectivity index (χ2n) is 5.22. The molecule has 94 valence electrons. The van der Waals surface area contributed by atoms with Crippen LogP contribution in [0, 0.1) is 0 Å². The molecule has 1 heterocycles. The number of aromatic nitrogens is 2. The molecule has 0 bridgehead atoms. The summed E-state index contributed by atoms with van der Waals surface area (Å²) in [7, 11) is 0. The van der Waals surface area contributed by atoms with Crippen LogP contribution in [0.3, 0.4) is 0 Å². The monoisotopic (exact) mass is 241 g/mol. The maximum Gasteiger partial charge on any atom is 0.0648 e.